The Kier molecular flexibility index (Phi) is 7.58. The molecule has 3 N–H and O–H groups in total. The Labute approximate surface area is 95.6 Å². The maximum Gasteiger partial charge on any atom is 0.330 e. The standard InChI is InChI=1S/C9H20NO5P/c1-3-14-16(13,15-4-2)7-5-6-8(10)9(11)12/h8H,3-7,10H2,1-2H3,(H,11,12)/t8-/m1/s1. The minimum atomic E-state index is -3.05. The van der Waals surface area contributed by atoms with Crippen LogP contribution in [0.2, 0.25) is 0 Å². The topological polar surface area (TPSA) is 98.9 Å². The first-order valence-corrected chi connectivity index (χ1v) is 7.04. The molecule has 7 heteroatoms. The monoisotopic (exact) mass is 253 g/mol. The van der Waals surface area contributed by atoms with E-state index in [-0.39, 0.29) is 12.6 Å². The molecular weight excluding hydrogens is 233 g/mol. The van der Waals surface area contributed by atoms with E-state index in [1.165, 1.54) is 0 Å². The first kappa shape index (κ1) is 15.6. The van der Waals surface area contributed by atoms with Crippen LogP contribution in [-0.4, -0.2) is 36.5 Å². The molecule has 0 saturated carbocycles. The molecule has 0 aliphatic heterocycles. The van der Waals surface area contributed by atoms with Crippen LogP contribution in [0.3, 0.4) is 0 Å². The van der Waals surface area contributed by atoms with Gasteiger partial charge in [-0.3, -0.25) is 9.36 Å². The largest absolute Gasteiger partial charge is 0.480 e. The Balaban J connectivity index is 4.03. The molecule has 0 amide bonds. The Hall–Kier alpha value is -0.420. The number of carboxylic acids is 1. The average Bonchev–Trinajstić information content (AvgIpc) is 2.17. The van der Waals surface area contributed by atoms with Crippen LogP contribution in [0.15, 0.2) is 0 Å². The second kappa shape index (κ2) is 7.79. The summed E-state index contributed by atoms with van der Waals surface area (Å²) >= 11 is 0. The van der Waals surface area contributed by atoms with Crippen LogP contribution in [0.5, 0.6) is 0 Å². The molecule has 0 fully saturated rings. The van der Waals surface area contributed by atoms with Crippen molar-refractivity contribution < 1.29 is 23.5 Å². The van der Waals surface area contributed by atoms with E-state index >= 15 is 0 Å². The molecule has 6 nitrogen and oxygen atoms in total. The molecule has 16 heavy (non-hydrogen) atoms. The lowest BCUT2D eigenvalue weighted by Crippen LogP contribution is -2.30. The van der Waals surface area contributed by atoms with Crippen LogP contribution >= 0.6 is 7.60 Å². The molecule has 0 aromatic carbocycles. The zero-order valence-electron chi connectivity index (χ0n) is 9.72. The van der Waals surface area contributed by atoms with Crippen LogP contribution in [0.4, 0.5) is 0 Å². The molecule has 0 spiro atoms. The smallest absolute Gasteiger partial charge is 0.330 e. The normalized spacial score (nSPS) is 13.7. The molecule has 0 unspecified atom stereocenters. The van der Waals surface area contributed by atoms with Crippen LogP contribution in [-0.2, 0) is 18.4 Å². The number of nitrogens with two attached hydrogens (primary N) is 1. The molecule has 0 radical (unpaired) electrons. The third-order valence-corrected chi connectivity index (χ3v) is 4.08. The molecule has 0 bridgehead atoms. The van der Waals surface area contributed by atoms with Crippen molar-refractivity contribution >= 4 is 13.6 Å². The maximum atomic E-state index is 11.9. The fourth-order valence-electron chi connectivity index (χ4n) is 1.19. The van der Waals surface area contributed by atoms with Crippen molar-refractivity contribution in [2.45, 2.75) is 32.7 Å². The predicted molar refractivity (Wildman–Crippen MR) is 60.6 cm³/mol. The van der Waals surface area contributed by atoms with E-state index in [0.717, 1.165) is 0 Å². The predicted octanol–water partition coefficient (Wildman–Crippen LogP) is 1.44. The number of hydrogen-bond donors (Lipinski definition) is 2. The molecule has 0 aliphatic rings. The van der Waals surface area contributed by atoms with Crippen molar-refractivity contribution in [1.82, 2.24) is 0 Å². The van der Waals surface area contributed by atoms with E-state index in [0.29, 0.717) is 19.6 Å². The molecule has 0 heterocycles. The van der Waals surface area contributed by atoms with Gasteiger partial charge in [0, 0.05) is 0 Å². The second-order valence-electron chi connectivity index (χ2n) is 3.26. The Morgan fingerprint density at radius 1 is 1.38 bits per heavy atom. The summed E-state index contributed by atoms with van der Waals surface area (Å²) < 4.78 is 22.0. The highest BCUT2D eigenvalue weighted by Gasteiger charge is 2.23. The van der Waals surface area contributed by atoms with E-state index in [9.17, 15) is 9.36 Å². The summed E-state index contributed by atoms with van der Waals surface area (Å²) in [5.74, 6) is -1.05. The van der Waals surface area contributed by atoms with Gasteiger partial charge in [0.1, 0.15) is 6.04 Å². The van der Waals surface area contributed by atoms with Crippen molar-refractivity contribution in [1.29, 1.82) is 0 Å². The van der Waals surface area contributed by atoms with Gasteiger partial charge in [0.25, 0.3) is 0 Å². The van der Waals surface area contributed by atoms with E-state index in [2.05, 4.69) is 0 Å². The van der Waals surface area contributed by atoms with E-state index in [4.69, 9.17) is 19.9 Å². The highest BCUT2D eigenvalue weighted by molar-refractivity contribution is 7.53. The zero-order chi connectivity index (χ0) is 12.6. The highest BCUT2D eigenvalue weighted by Crippen LogP contribution is 2.48. The summed E-state index contributed by atoms with van der Waals surface area (Å²) in [6.07, 6.45) is 0.875. The summed E-state index contributed by atoms with van der Waals surface area (Å²) in [6, 6.07) is -0.920. The Morgan fingerprint density at radius 2 is 1.88 bits per heavy atom. The van der Waals surface area contributed by atoms with Crippen molar-refractivity contribution in [3.63, 3.8) is 0 Å². The van der Waals surface area contributed by atoms with Crippen LogP contribution in [0.1, 0.15) is 26.7 Å². The average molecular weight is 253 g/mol. The van der Waals surface area contributed by atoms with Crippen molar-refractivity contribution in [2.75, 3.05) is 19.4 Å². The fraction of sp³-hybridized carbons (Fsp3) is 0.889. The maximum absolute atomic E-state index is 11.9. The molecule has 96 valence electrons. The minimum Gasteiger partial charge on any atom is -0.480 e. The third kappa shape index (κ3) is 6.23. The number of hydrogen-bond acceptors (Lipinski definition) is 5. The highest BCUT2D eigenvalue weighted by atomic mass is 31.2. The van der Waals surface area contributed by atoms with Gasteiger partial charge in [0.2, 0.25) is 0 Å². The minimum absolute atomic E-state index is 0.204. The van der Waals surface area contributed by atoms with Gasteiger partial charge in [-0.05, 0) is 26.7 Å². The fourth-order valence-corrected chi connectivity index (χ4v) is 2.88. The van der Waals surface area contributed by atoms with Gasteiger partial charge < -0.3 is 19.9 Å². The van der Waals surface area contributed by atoms with Gasteiger partial charge in [-0.2, -0.15) is 0 Å². The third-order valence-electron chi connectivity index (χ3n) is 1.92. The molecule has 0 aromatic heterocycles. The number of rotatable bonds is 9. The van der Waals surface area contributed by atoms with E-state index in [1.807, 2.05) is 0 Å². The number of carbonyl (C=O) groups is 1. The van der Waals surface area contributed by atoms with Gasteiger partial charge in [-0.1, -0.05) is 0 Å². The van der Waals surface area contributed by atoms with Crippen molar-refractivity contribution in [3.05, 3.63) is 0 Å². The molecule has 0 rings (SSSR count). The SMILES string of the molecule is CCOP(=O)(CCC[C@@H](N)C(=O)O)OCC. The summed E-state index contributed by atoms with van der Waals surface area (Å²) in [5.41, 5.74) is 5.32. The van der Waals surface area contributed by atoms with Crippen LogP contribution in [0, 0.1) is 0 Å². The Bertz CT molecular complexity index is 248. The summed E-state index contributed by atoms with van der Waals surface area (Å²) in [5, 5.41) is 8.56. The van der Waals surface area contributed by atoms with Crippen LogP contribution < -0.4 is 5.73 Å². The van der Waals surface area contributed by atoms with Gasteiger partial charge in [-0.15, -0.1) is 0 Å². The number of aliphatic carboxylic acids is 1. The Morgan fingerprint density at radius 3 is 2.25 bits per heavy atom. The first-order chi connectivity index (χ1) is 7.45. The lowest BCUT2D eigenvalue weighted by atomic mass is 10.2. The van der Waals surface area contributed by atoms with Gasteiger partial charge in [-0.25, -0.2) is 0 Å². The summed E-state index contributed by atoms with van der Waals surface area (Å²) in [4.78, 5) is 10.4. The first-order valence-electron chi connectivity index (χ1n) is 5.31. The molecule has 0 aromatic rings. The number of carboxylic acid groups (broad SMARTS) is 1. The summed E-state index contributed by atoms with van der Waals surface area (Å²) in [7, 11) is -3.05. The molecular formula is C9H20NO5P. The van der Waals surface area contributed by atoms with Gasteiger partial charge >= 0.3 is 13.6 Å². The summed E-state index contributed by atoms with van der Waals surface area (Å²) in [6.45, 7) is 4.08. The van der Waals surface area contributed by atoms with Gasteiger partial charge in [0.05, 0.1) is 19.4 Å². The quantitative estimate of drug-likeness (QED) is 0.603. The molecule has 1 atom stereocenters. The lowest BCUT2D eigenvalue weighted by Gasteiger charge is -2.17. The molecule has 0 saturated heterocycles. The lowest BCUT2D eigenvalue weighted by molar-refractivity contribution is -0.138. The second-order valence-corrected chi connectivity index (χ2v) is 5.44. The van der Waals surface area contributed by atoms with Crippen molar-refractivity contribution in [2.24, 2.45) is 5.73 Å². The zero-order valence-corrected chi connectivity index (χ0v) is 10.6. The molecule has 0 aliphatic carbocycles. The van der Waals surface area contributed by atoms with E-state index < -0.39 is 19.6 Å². The van der Waals surface area contributed by atoms with Crippen molar-refractivity contribution in [3.8, 4) is 0 Å². The van der Waals surface area contributed by atoms with E-state index in [1.54, 1.807) is 13.8 Å². The van der Waals surface area contributed by atoms with Crippen LogP contribution in [0.25, 0.3) is 0 Å². The van der Waals surface area contributed by atoms with Gasteiger partial charge in [0.15, 0.2) is 0 Å².